The number of carbonyl (C=O) groups is 2. The summed E-state index contributed by atoms with van der Waals surface area (Å²) >= 11 is 0.757. The fourth-order valence-corrected chi connectivity index (χ4v) is 5.38. The molecule has 2 heterocycles. The van der Waals surface area contributed by atoms with Crippen LogP contribution in [0.15, 0.2) is 43.0 Å². The zero-order valence-corrected chi connectivity index (χ0v) is 20.4. The molecule has 3 aromatic rings. The second kappa shape index (κ2) is 9.87. The van der Waals surface area contributed by atoms with Crippen LogP contribution in [0.1, 0.15) is 58.8 Å². The SMILES string of the molecule is C=CC(=O)N(C)CCC1(C)CC(n2c(NC(=O)c3ccc(C(F)F)s3)nc3cc(CO)ccc32)C1. The number of likely N-dealkylation sites (N-methyl/N-ethyl adjacent to an activating group) is 1. The first-order chi connectivity index (χ1) is 16.6. The van der Waals surface area contributed by atoms with Gasteiger partial charge in [-0.3, -0.25) is 14.9 Å². The lowest BCUT2D eigenvalue weighted by Gasteiger charge is -2.47. The van der Waals surface area contributed by atoms with Gasteiger partial charge < -0.3 is 14.6 Å². The number of rotatable bonds is 9. The molecule has 2 amide bonds. The fraction of sp³-hybridized carbons (Fsp3) is 0.400. The summed E-state index contributed by atoms with van der Waals surface area (Å²) < 4.78 is 27.9. The van der Waals surface area contributed by atoms with Crippen LogP contribution in [0, 0.1) is 5.41 Å². The van der Waals surface area contributed by atoms with E-state index < -0.39 is 12.3 Å². The molecule has 1 aliphatic rings. The van der Waals surface area contributed by atoms with Crippen molar-refractivity contribution in [3.8, 4) is 0 Å². The number of aliphatic hydroxyl groups is 1. The van der Waals surface area contributed by atoms with Gasteiger partial charge in [-0.25, -0.2) is 13.8 Å². The number of halogens is 2. The molecule has 35 heavy (non-hydrogen) atoms. The van der Waals surface area contributed by atoms with Crippen LogP contribution >= 0.6 is 11.3 Å². The fourth-order valence-electron chi connectivity index (χ4n) is 4.62. The monoisotopic (exact) mass is 502 g/mol. The Balaban J connectivity index is 1.57. The van der Waals surface area contributed by atoms with E-state index in [1.807, 2.05) is 16.7 Å². The summed E-state index contributed by atoms with van der Waals surface area (Å²) in [5.41, 5.74) is 2.18. The predicted octanol–water partition coefficient (Wildman–Crippen LogP) is 5.16. The molecule has 0 atom stereocenters. The standard InChI is InChI=1S/C25H28F2N4O3S/c1-4-21(33)30(3)10-9-25(2)12-16(13-25)31-18-6-5-15(14-32)11-17(18)28-24(31)29-23(34)20-8-7-19(35-20)22(26)27/h4-8,11,16,22,32H,1,9-10,12-14H2,2-3H3,(H,28,29,34). The van der Waals surface area contributed by atoms with Crippen LogP contribution in [0.25, 0.3) is 11.0 Å². The number of nitrogens with zero attached hydrogens (tertiary/aromatic N) is 3. The zero-order chi connectivity index (χ0) is 25.3. The molecular weight excluding hydrogens is 474 g/mol. The van der Waals surface area contributed by atoms with E-state index in [4.69, 9.17) is 0 Å². The highest BCUT2D eigenvalue weighted by Crippen LogP contribution is 2.52. The van der Waals surface area contributed by atoms with Gasteiger partial charge in [0.1, 0.15) is 0 Å². The minimum absolute atomic E-state index is 0.0171. The Labute approximate surface area is 206 Å². The molecule has 2 aromatic heterocycles. The van der Waals surface area contributed by atoms with Gasteiger partial charge in [-0.2, -0.15) is 0 Å². The van der Waals surface area contributed by atoms with E-state index >= 15 is 0 Å². The van der Waals surface area contributed by atoms with Crippen LogP contribution < -0.4 is 5.32 Å². The van der Waals surface area contributed by atoms with Crippen molar-refractivity contribution in [2.24, 2.45) is 5.41 Å². The van der Waals surface area contributed by atoms with Crippen LogP contribution in [0.3, 0.4) is 0 Å². The minimum Gasteiger partial charge on any atom is -0.392 e. The lowest BCUT2D eigenvalue weighted by Crippen LogP contribution is -2.40. The number of anilines is 1. The maximum Gasteiger partial charge on any atom is 0.272 e. The van der Waals surface area contributed by atoms with Crippen LogP contribution in [0.2, 0.25) is 0 Å². The second-order valence-corrected chi connectivity index (χ2v) is 10.4. The Morgan fingerprint density at radius 2 is 2.11 bits per heavy atom. The van der Waals surface area contributed by atoms with E-state index in [0.717, 1.165) is 36.1 Å². The molecule has 0 bridgehead atoms. The van der Waals surface area contributed by atoms with Crippen molar-refractivity contribution in [3.05, 3.63) is 58.3 Å². The van der Waals surface area contributed by atoms with Crippen molar-refractivity contribution in [1.29, 1.82) is 0 Å². The van der Waals surface area contributed by atoms with E-state index in [1.54, 1.807) is 18.0 Å². The number of alkyl halides is 2. The molecule has 0 unspecified atom stereocenters. The number of benzene rings is 1. The number of aliphatic hydroxyl groups excluding tert-OH is 1. The third-order valence-corrected chi connectivity index (χ3v) is 7.74. The highest BCUT2D eigenvalue weighted by Gasteiger charge is 2.42. The smallest absolute Gasteiger partial charge is 0.272 e. The molecule has 10 heteroatoms. The van der Waals surface area contributed by atoms with Crippen molar-refractivity contribution in [2.75, 3.05) is 18.9 Å². The zero-order valence-electron chi connectivity index (χ0n) is 19.6. The number of hydrogen-bond acceptors (Lipinski definition) is 5. The third-order valence-electron chi connectivity index (χ3n) is 6.65. The van der Waals surface area contributed by atoms with Crippen molar-refractivity contribution in [1.82, 2.24) is 14.5 Å². The summed E-state index contributed by atoms with van der Waals surface area (Å²) in [6.07, 6.45) is 1.16. The molecule has 0 spiro atoms. The third kappa shape index (κ3) is 5.13. The maximum absolute atomic E-state index is 13.0. The van der Waals surface area contributed by atoms with Gasteiger partial charge in [-0.1, -0.05) is 19.6 Å². The number of fused-ring (bicyclic) bond motifs is 1. The summed E-state index contributed by atoms with van der Waals surface area (Å²) in [5, 5.41) is 12.3. The average Bonchev–Trinajstić information content (AvgIpc) is 3.45. The highest BCUT2D eigenvalue weighted by molar-refractivity contribution is 7.14. The molecule has 2 N–H and O–H groups in total. The highest BCUT2D eigenvalue weighted by atomic mass is 32.1. The van der Waals surface area contributed by atoms with Crippen molar-refractivity contribution >= 4 is 40.1 Å². The topological polar surface area (TPSA) is 87.5 Å². The second-order valence-electron chi connectivity index (χ2n) is 9.33. The quantitative estimate of drug-likeness (QED) is 0.396. The molecular formula is C25H28F2N4O3S. The van der Waals surface area contributed by atoms with Crippen LogP contribution in [0.5, 0.6) is 0 Å². The number of aromatic nitrogens is 2. The van der Waals surface area contributed by atoms with Gasteiger partial charge in [0.2, 0.25) is 11.9 Å². The normalized spacial score (nSPS) is 19.5. The van der Waals surface area contributed by atoms with Gasteiger partial charge in [0, 0.05) is 19.6 Å². The van der Waals surface area contributed by atoms with Crippen molar-refractivity contribution in [2.45, 2.75) is 45.3 Å². The largest absolute Gasteiger partial charge is 0.392 e. The number of hydrogen-bond donors (Lipinski definition) is 2. The van der Waals surface area contributed by atoms with Gasteiger partial charge in [0.15, 0.2) is 0 Å². The molecule has 0 aliphatic heterocycles. The molecule has 1 aromatic carbocycles. The molecule has 186 valence electrons. The molecule has 0 radical (unpaired) electrons. The first-order valence-corrected chi connectivity index (χ1v) is 12.1. The Hall–Kier alpha value is -3.11. The summed E-state index contributed by atoms with van der Waals surface area (Å²) in [6, 6.07) is 8.17. The average molecular weight is 503 g/mol. The number of imidazole rings is 1. The summed E-state index contributed by atoms with van der Waals surface area (Å²) in [5.74, 6) is -0.260. The maximum atomic E-state index is 13.0. The Morgan fingerprint density at radius 3 is 2.74 bits per heavy atom. The van der Waals surface area contributed by atoms with E-state index in [2.05, 4.69) is 23.8 Å². The summed E-state index contributed by atoms with van der Waals surface area (Å²) in [4.78, 5) is 30.9. The van der Waals surface area contributed by atoms with Gasteiger partial charge >= 0.3 is 0 Å². The number of nitrogens with one attached hydrogen (secondary N) is 1. The molecule has 7 nitrogen and oxygen atoms in total. The lowest BCUT2D eigenvalue weighted by atomic mass is 9.64. The Kier molecular flexibility index (Phi) is 7.05. The molecule has 1 saturated carbocycles. The van der Waals surface area contributed by atoms with Crippen LogP contribution in [-0.4, -0.2) is 45.0 Å². The van der Waals surface area contributed by atoms with Gasteiger partial charge in [-0.05, 0) is 60.6 Å². The molecule has 4 rings (SSSR count). The first-order valence-electron chi connectivity index (χ1n) is 11.3. The van der Waals surface area contributed by atoms with Gasteiger partial charge in [0.05, 0.1) is 27.4 Å². The minimum atomic E-state index is -2.63. The van der Waals surface area contributed by atoms with E-state index in [1.165, 1.54) is 18.2 Å². The van der Waals surface area contributed by atoms with Gasteiger partial charge in [0.25, 0.3) is 12.3 Å². The van der Waals surface area contributed by atoms with Crippen LogP contribution in [-0.2, 0) is 11.4 Å². The Morgan fingerprint density at radius 1 is 1.37 bits per heavy atom. The van der Waals surface area contributed by atoms with E-state index in [0.29, 0.717) is 23.6 Å². The van der Waals surface area contributed by atoms with Gasteiger partial charge in [-0.15, -0.1) is 11.3 Å². The van der Waals surface area contributed by atoms with E-state index in [9.17, 15) is 23.5 Å². The predicted molar refractivity (Wildman–Crippen MR) is 132 cm³/mol. The molecule has 0 saturated heterocycles. The number of thiophene rings is 1. The first kappa shape index (κ1) is 25.0. The summed E-state index contributed by atoms with van der Waals surface area (Å²) in [7, 11) is 1.75. The Bertz CT molecular complexity index is 1260. The van der Waals surface area contributed by atoms with E-state index in [-0.39, 0.29) is 33.7 Å². The van der Waals surface area contributed by atoms with Crippen molar-refractivity contribution < 1.29 is 23.5 Å². The lowest BCUT2D eigenvalue weighted by molar-refractivity contribution is -0.125. The van der Waals surface area contributed by atoms with Crippen LogP contribution in [0.4, 0.5) is 14.7 Å². The summed E-state index contributed by atoms with van der Waals surface area (Å²) in [6.45, 7) is 6.19. The number of carbonyl (C=O) groups excluding carboxylic acids is 2. The van der Waals surface area contributed by atoms with Crippen molar-refractivity contribution in [3.63, 3.8) is 0 Å². The molecule has 1 fully saturated rings. The molecule has 1 aliphatic carbocycles. The number of amides is 2.